The van der Waals surface area contributed by atoms with E-state index in [1.165, 1.54) is 12.1 Å². The fourth-order valence-corrected chi connectivity index (χ4v) is 2.11. The summed E-state index contributed by atoms with van der Waals surface area (Å²) in [4.78, 5) is 0. The number of hydrogen-bond donors (Lipinski definition) is 1. The number of rotatable bonds is 3. The minimum atomic E-state index is -0.686. The van der Waals surface area contributed by atoms with Crippen LogP contribution in [0.4, 0.5) is 4.39 Å². The van der Waals surface area contributed by atoms with Crippen LogP contribution in [0, 0.1) is 17.1 Å². The zero-order chi connectivity index (χ0) is 16.5. The Kier molecular flexibility index (Phi) is 4.43. The number of halogens is 1. The molecule has 0 aromatic heterocycles. The highest BCUT2D eigenvalue weighted by molar-refractivity contribution is 6.55. The van der Waals surface area contributed by atoms with Crippen LogP contribution in [0.15, 0.2) is 23.7 Å². The van der Waals surface area contributed by atoms with Crippen LogP contribution in [-0.2, 0) is 9.31 Å². The smallest absolute Gasteiger partial charge is 0.400 e. The van der Waals surface area contributed by atoms with Gasteiger partial charge in [-0.2, -0.15) is 5.26 Å². The van der Waals surface area contributed by atoms with Gasteiger partial charge in [0.15, 0.2) is 0 Å². The minimum absolute atomic E-state index is 0.0154. The van der Waals surface area contributed by atoms with E-state index in [9.17, 15) is 9.50 Å². The van der Waals surface area contributed by atoms with Crippen LogP contribution in [-0.4, -0.2) is 30.0 Å². The molecule has 1 aliphatic rings. The lowest BCUT2D eigenvalue weighted by molar-refractivity contribution is 0.00578. The van der Waals surface area contributed by atoms with Gasteiger partial charge in [-0.25, -0.2) is 4.39 Å². The van der Waals surface area contributed by atoms with E-state index >= 15 is 0 Å². The van der Waals surface area contributed by atoms with E-state index in [4.69, 9.17) is 14.6 Å². The lowest BCUT2D eigenvalue weighted by atomic mass is 9.77. The molecule has 0 saturated carbocycles. The summed E-state index contributed by atoms with van der Waals surface area (Å²) >= 11 is 0. The van der Waals surface area contributed by atoms with Crippen LogP contribution >= 0.6 is 0 Å². The van der Waals surface area contributed by atoms with Crippen molar-refractivity contribution in [3.05, 3.63) is 40.6 Å². The van der Waals surface area contributed by atoms with Gasteiger partial charge in [0.25, 0.3) is 0 Å². The molecule has 1 aromatic rings. The Morgan fingerprint density at radius 2 is 1.91 bits per heavy atom. The van der Waals surface area contributed by atoms with Gasteiger partial charge < -0.3 is 14.4 Å². The molecule has 0 amide bonds. The molecule has 6 heteroatoms. The van der Waals surface area contributed by atoms with Crippen LogP contribution in [0.1, 0.15) is 38.8 Å². The number of aliphatic hydroxyl groups is 1. The average molecular weight is 303 g/mol. The number of benzene rings is 1. The molecule has 1 N–H and O–H groups in total. The van der Waals surface area contributed by atoms with Crippen LogP contribution in [0.2, 0.25) is 0 Å². The van der Waals surface area contributed by atoms with Gasteiger partial charge in [-0.3, -0.25) is 0 Å². The predicted molar refractivity (Wildman–Crippen MR) is 82.3 cm³/mol. The molecule has 0 unspecified atom stereocenters. The van der Waals surface area contributed by atoms with E-state index in [0.717, 1.165) is 0 Å². The summed E-state index contributed by atoms with van der Waals surface area (Å²) in [5.74, 6) is -0.595. The summed E-state index contributed by atoms with van der Waals surface area (Å²) in [6.45, 7) is 7.41. The fourth-order valence-electron chi connectivity index (χ4n) is 2.11. The molecule has 1 aliphatic heterocycles. The number of aliphatic hydroxyl groups excluding tert-OH is 1. The molecule has 1 saturated heterocycles. The lowest BCUT2D eigenvalue weighted by Crippen LogP contribution is -2.41. The summed E-state index contributed by atoms with van der Waals surface area (Å²) in [6.07, 6.45) is 1.62. The third-order valence-corrected chi connectivity index (χ3v) is 4.20. The van der Waals surface area contributed by atoms with E-state index in [0.29, 0.717) is 11.0 Å². The lowest BCUT2D eigenvalue weighted by Gasteiger charge is -2.32. The SMILES string of the molecule is CC1(C)OB(C(=Cc2ccc(C#N)c(F)c2)CO)OC1(C)C. The summed E-state index contributed by atoms with van der Waals surface area (Å²) in [7, 11) is -0.686. The molecule has 22 heavy (non-hydrogen) atoms. The van der Waals surface area contributed by atoms with Crippen molar-refractivity contribution in [2.24, 2.45) is 0 Å². The zero-order valence-corrected chi connectivity index (χ0v) is 13.2. The Morgan fingerprint density at radius 1 is 1.32 bits per heavy atom. The molecule has 0 bridgehead atoms. The first-order valence-corrected chi connectivity index (χ1v) is 7.07. The van der Waals surface area contributed by atoms with Crippen molar-refractivity contribution < 1.29 is 18.8 Å². The first kappa shape index (κ1) is 16.7. The maximum absolute atomic E-state index is 13.7. The Bertz CT molecular complexity index is 633. The van der Waals surface area contributed by atoms with Crippen molar-refractivity contribution in [2.75, 3.05) is 6.61 Å². The molecular formula is C16H19BFNO3. The quantitative estimate of drug-likeness (QED) is 0.872. The summed E-state index contributed by atoms with van der Waals surface area (Å²) in [5.41, 5.74) is 0.000277. The van der Waals surface area contributed by atoms with E-state index in [1.54, 1.807) is 18.2 Å². The molecule has 4 nitrogen and oxygen atoms in total. The summed E-state index contributed by atoms with van der Waals surface area (Å²) in [5, 5.41) is 18.3. The van der Waals surface area contributed by atoms with Crippen LogP contribution in [0.3, 0.4) is 0 Å². The second-order valence-electron chi connectivity index (χ2n) is 6.32. The molecule has 0 atom stereocenters. The number of hydrogen-bond acceptors (Lipinski definition) is 4. The highest BCUT2D eigenvalue weighted by Crippen LogP contribution is 2.38. The van der Waals surface area contributed by atoms with E-state index in [2.05, 4.69) is 0 Å². The summed E-state index contributed by atoms with van der Waals surface area (Å²) < 4.78 is 25.4. The maximum atomic E-state index is 13.7. The minimum Gasteiger partial charge on any atom is -0.400 e. The highest BCUT2D eigenvalue weighted by atomic mass is 19.1. The molecule has 0 radical (unpaired) electrons. The van der Waals surface area contributed by atoms with Crippen molar-refractivity contribution in [3.63, 3.8) is 0 Å². The molecule has 1 aromatic carbocycles. The van der Waals surface area contributed by atoms with Crippen LogP contribution in [0.5, 0.6) is 0 Å². The van der Waals surface area contributed by atoms with Gasteiger partial charge >= 0.3 is 7.12 Å². The third-order valence-electron chi connectivity index (χ3n) is 4.20. The first-order chi connectivity index (χ1) is 10.2. The Labute approximate surface area is 130 Å². The van der Waals surface area contributed by atoms with Gasteiger partial charge in [-0.15, -0.1) is 0 Å². The Hall–Kier alpha value is -1.68. The van der Waals surface area contributed by atoms with E-state index in [-0.39, 0.29) is 12.2 Å². The van der Waals surface area contributed by atoms with Crippen LogP contribution in [0.25, 0.3) is 6.08 Å². The second kappa shape index (κ2) is 5.84. The topological polar surface area (TPSA) is 62.5 Å². The van der Waals surface area contributed by atoms with E-state index < -0.39 is 24.1 Å². The van der Waals surface area contributed by atoms with Gasteiger partial charge in [0.2, 0.25) is 0 Å². The van der Waals surface area contributed by atoms with Gasteiger partial charge in [-0.05, 0) is 50.9 Å². The molecule has 116 valence electrons. The number of nitrogens with zero attached hydrogens (tertiary/aromatic N) is 1. The molecule has 0 aliphatic carbocycles. The highest BCUT2D eigenvalue weighted by Gasteiger charge is 2.52. The molecule has 1 heterocycles. The van der Waals surface area contributed by atoms with Gasteiger partial charge in [0, 0.05) is 0 Å². The monoisotopic (exact) mass is 303 g/mol. The molecular weight excluding hydrogens is 284 g/mol. The molecule has 0 spiro atoms. The first-order valence-electron chi connectivity index (χ1n) is 7.07. The standard InChI is InChI=1S/C16H19BFNO3/c1-15(2)16(3,4)22-17(21-15)13(10-20)7-11-5-6-12(9-19)14(18)8-11/h5-8,20H,10H2,1-4H3. The van der Waals surface area contributed by atoms with Crippen molar-refractivity contribution >= 4 is 13.2 Å². The Balaban J connectivity index is 2.30. The molecule has 1 fully saturated rings. The summed E-state index contributed by atoms with van der Waals surface area (Å²) in [6, 6.07) is 6.04. The van der Waals surface area contributed by atoms with Gasteiger partial charge in [0.05, 0.1) is 23.4 Å². The average Bonchev–Trinajstić information content (AvgIpc) is 2.65. The second-order valence-corrected chi connectivity index (χ2v) is 6.32. The van der Waals surface area contributed by atoms with Gasteiger partial charge in [-0.1, -0.05) is 12.1 Å². The van der Waals surface area contributed by atoms with Crippen molar-refractivity contribution in [2.45, 2.75) is 38.9 Å². The normalized spacial score (nSPS) is 20.0. The van der Waals surface area contributed by atoms with E-state index in [1.807, 2.05) is 27.7 Å². The van der Waals surface area contributed by atoms with Crippen LogP contribution < -0.4 is 0 Å². The molecule has 2 rings (SSSR count). The fraction of sp³-hybridized carbons (Fsp3) is 0.438. The maximum Gasteiger partial charge on any atom is 0.492 e. The Morgan fingerprint density at radius 3 is 2.36 bits per heavy atom. The van der Waals surface area contributed by atoms with Gasteiger partial charge in [0.1, 0.15) is 11.9 Å². The largest absolute Gasteiger partial charge is 0.492 e. The van der Waals surface area contributed by atoms with Crippen molar-refractivity contribution in [1.29, 1.82) is 5.26 Å². The van der Waals surface area contributed by atoms with Crippen molar-refractivity contribution in [1.82, 2.24) is 0 Å². The zero-order valence-electron chi connectivity index (χ0n) is 13.2. The predicted octanol–water partition coefficient (Wildman–Crippen LogP) is 2.70. The third kappa shape index (κ3) is 3.07. The van der Waals surface area contributed by atoms with Crippen molar-refractivity contribution in [3.8, 4) is 6.07 Å². The number of nitriles is 1.